The van der Waals surface area contributed by atoms with Crippen molar-refractivity contribution < 1.29 is 9.59 Å². The zero-order valence-electron chi connectivity index (χ0n) is 16.2. The van der Waals surface area contributed by atoms with Crippen LogP contribution in [0.2, 0.25) is 0 Å². The van der Waals surface area contributed by atoms with E-state index in [9.17, 15) is 9.59 Å². The van der Waals surface area contributed by atoms with Gasteiger partial charge in [0, 0.05) is 24.6 Å². The van der Waals surface area contributed by atoms with E-state index in [0.717, 1.165) is 30.8 Å². The van der Waals surface area contributed by atoms with Gasteiger partial charge < -0.3 is 16.0 Å². The zero-order chi connectivity index (χ0) is 19.6. The minimum atomic E-state index is -0.653. The van der Waals surface area contributed by atoms with Gasteiger partial charge in [-0.3, -0.25) is 14.3 Å². The normalized spacial score (nSPS) is 20.5. The fourth-order valence-corrected chi connectivity index (χ4v) is 4.30. The number of hydrogen-bond acceptors (Lipinski definition) is 4. The largest absolute Gasteiger partial charge is 0.354 e. The summed E-state index contributed by atoms with van der Waals surface area (Å²) in [5, 5.41) is 13.7. The number of benzene rings is 1. The molecule has 3 N–H and O–H groups in total. The van der Waals surface area contributed by atoms with Crippen LogP contribution in [0.1, 0.15) is 43.2 Å². The van der Waals surface area contributed by atoms with Crippen molar-refractivity contribution >= 4 is 17.5 Å². The summed E-state index contributed by atoms with van der Waals surface area (Å²) in [6.07, 6.45) is 6.50. The predicted molar refractivity (Wildman–Crippen MR) is 107 cm³/mol. The summed E-state index contributed by atoms with van der Waals surface area (Å²) in [5.41, 5.74) is 2.50. The second-order valence-electron chi connectivity index (χ2n) is 7.59. The van der Waals surface area contributed by atoms with Crippen molar-refractivity contribution in [3.05, 3.63) is 47.8 Å². The van der Waals surface area contributed by atoms with Crippen molar-refractivity contribution in [1.29, 1.82) is 0 Å². The number of carbonyl (C=O) groups is 2. The van der Waals surface area contributed by atoms with Gasteiger partial charge in [-0.2, -0.15) is 5.10 Å². The molecular weight excluding hydrogens is 354 g/mol. The number of hydrogen-bond donors (Lipinski definition) is 3. The van der Waals surface area contributed by atoms with E-state index in [4.69, 9.17) is 0 Å². The average molecular weight is 381 g/mol. The predicted octanol–water partition coefficient (Wildman–Crippen LogP) is 1.77. The Hall–Kier alpha value is -2.67. The maximum atomic E-state index is 13.1. The number of amides is 2. The molecule has 1 aromatic heterocycles. The van der Waals surface area contributed by atoms with E-state index in [1.165, 1.54) is 5.56 Å². The van der Waals surface area contributed by atoms with E-state index in [1.54, 1.807) is 10.9 Å². The van der Waals surface area contributed by atoms with Crippen LogP contribution in [-0.4, -0.2) is 41.2 Å². The smallest absolute Gasteiger partial charge is 0.248 e. The number of rotatable bonds is 6. The van der Waals surface area contributed by atoms with Crippen molar-refractivity contribution in [2.45, 2.75) is 44.1 Å². The highest BCUT2D eigenvalue weighted by Gasteiger charge is 2.42. The zero-order valence-corrected chi connectivity index (χ0v) is 16.2. The van der Waals surface area contributed by atoms with Crippen LogP contribution in [0.3, 0.4) is 0 Å². The van der Waals surface area contributed by atoms with Gasteiger partial charge >= 0.3 is 0 Å². The number of fused-ring (bicyclic) bond motifs is 1. The molecule has 0 bridgehead atoms. The fraction of sp³-hybridized carbons (Fsp3) is 0.476. The first-order chi connectivity index (χ1) is 13.6. The molecule has 1 aromatic carbocycles. The Morgan fingerprint density at radius 1 is 1.36 bits per heavy atom. The molecule has 7 nitrogen and oxygen atoms in total. The standard InChI is InChI=1S/C21H27N5O2/c1-2-15-4-5-18-17(14-15)16(19(27)25-18)6-10-23-20(28)21(7-11-22-12-8-21)26-13-3-9-24-26/h3-5,9,13-14,16,22H,2,6-8,10-12H2,1H3,(H,23,28)(H,25,27). The van der Waals surface area contributed by atoms with Crippen LogP contribution in [0.4, 0.5) is 5.69 Å². The molecule has 1 fully saturated rings. The Morgan fingerprint density at radius 3 is 2.89 bits per heavy atom. The first-order valence-corrected chi connectivity index (χ1v) is 10.1. The van der Waals surface area contributed by atoms with Gasteiger partial charge in [0.15, 0.2) is 0 Å². The van der Waals surface area contributed by atoms with Gasteiger partial charge in [-0.15, -0.1) is 0 Å². The van der Waals surface area contributed by atoms with E-state index < -0.39 is 5.54 Å². The lowest BCUT2D eigenvalue weighted by atomic mass is 9.87. The molecular formula is C21H27N5O2. The highest BCUT2D eigenvalue weighted by atomic mass is 16.2. The number of anilines is 1. The van der Waals surface area contributed by atoms with E-state index in [2.05, 4.69) is 34.0 Å². The highest BCUT2D eigenvalue weighted by molar-refractivity contribution is 6.03. The minimum Gasteiger partial charge on any atom is -0.354 e. The Morgan fingerprint density at radius 2 is 2.18 bits per heavy atom. The topological polar surface area (TPSA) is 88.1 Å². The van der Waals surface area contributed by atoms with Crippen LogP contribution in [-0.2, 0) is 21.5 Å². The summed E-state index contributed by atoms with van der Waals surface area (Å²) < 4.78 is 1.79. The molecule has 0 aliphatic carbocycles. The number of piperidine rings is 1. The van der Waals surface area contributed by atoms with E-state index in [0.29, 0.717) is 25.8 Å². The third kappa shape index (κ3) is 3.30. The molecule has 1 saturated heterocycles. The molecule has 2 aliphatic rings. The van der Waals surface area contributed by atoms with E-state index >= 15 is 0 Å². The molecule has 0 radical (unpaired) electrons. The summed E-state index contributed by atoms with van der Waals surface area (Å²) in [5.74, 6) is -0.213. The van der Waals surface area contributed by atoms with Gasteiger partial charge in [-0.25, -0.2) is 0 Å². The molecule has 0 saturated carbocycles. The maximum absolute atomic E-state index is 13.1. The molecule has 2 aliphatic heterocycles. The Bertz CT molecular complexity index is 856. The van der Waals surface area contributed by atoms with Crippen molar-refractivity contribution in [3.63, 3.8) is 0 Å². The molecule has 3 heterocycles. The van der Waals surface area contributed by atoms with Crippen molar-refractivity contribution in [3.8, 4) is 0 Å². The lowest BCUT2D eigenvalue weighted by molar-refractivity contribution is -0.132. The summed E-state index contributed by atoms with van der Waals surface area (Å²) >= 11 is 0. The quantitative estimate of drug-likeness (QED) is 0.712. The van der Waals surface area contributed by atoms with Gasteiger partial charge in [0.2, 0.25) is 11.8 Å². The molecule has 1 unspecified atom stereocenters. The van der Waals surface area contributed by atoms with E-state index in [-0.39, 0.29) is 17.7 Å². The van der Waals surface area contributed by atoms with Crippen LogP contribution >= 0.6 is 0 Å². The number of nitrogens with one attached hydrogen (secondary N) is 3. The summed E-state index contributed by atoms with van der Waals surface area (Å²) in [6, 6.07) is 7.99. The van der Waals surface area contributed by atoms with Gasteiger partial charge in [0.1, 0.15) is 5.54 Å². The molecule has 28 heavy (non-hydrogen) atoms. The first-order valence-electron chi connectivity index (χ1n) is 10.1. The number of aryl methyl sites for hydroxylation is 1. The second kappa shape index (κ2) is 7.75. The van der Waals surface area contributed by atoms with Crippen LogP contribution in [0, 0.1) is 0 Å². The van der Waals surface area contributed by atoms with E-state index in [1.807, 2.05) is 24.4 Å². The number of aromatic nitrogens is 2. The van der Waals surface area contributed by atoms with Crippen LogP contribution < -0.4 is 16.0 Å². The average Bonchev–Trinajstić information content (AvgIpc) is 3.36. The van der Waals surface area contributed by atoms with Crippen molar-refractivity contribution in [2.75, 3.05) is 25.0 Å². The van der Waals surface area contributed by atoms with Crippen molar-refractivity contribution in [1.82, 2.24) is 20.4 Å². The monoisotopic (exact) mass is 381 g/mol. The Labute approximate surface area is 164 Å². The molecule has 4 rings (SSSR count). The maximum Gasteiger partial charge on any atom is 0.248 e. The molecule has 2 aromatic rings. The summed E-state index contributed by atoms with van der Waals surface area (Å²) in [6.45, 7) is 4.13. The van der Waals surface area contributed by atoms with Gasteiger partial charge in [-0.1, -0.05) is 19.1 Å². The van der Waals surface area contributed by atoms with Crippen LogP contribution in [0.25, 0.3) is 0 Å². The first kappa shape index (κ1) is 18.7. The lowest BCUT2D eigenvalue weighted by Crippen LogP contribution is -2.54. The Balaban J connectivity index is 1.44. The number of nitrogens with zero attached hydrogens (tertiary/aromatic N) is 2. The van der Waals surface area contributed by atoms with Crippen LogP contribution in [0.15, 0.2) is 36.7 Å². The molecule has 7 heteroatoms. The number of carbonyl (C=O) groups excluding carboxylic acids is 2. The third-order valence-corrected chi connectivity index (χ3v) is 5.99. The second-order valence-corrected chi connectivity index (χ2v) is 7.59. The molecule has 2 amide bonds. The minimum absolute atomic E-state index is 0.0150. The summed E-state index contributed by atoms with van der Waals surface area (Å²) in [7, 11) is 0. The van der Waals surface area contributed by atoms with Gasteiger partial charge in [-0.05, 0) is 62.0 Å². The van der Waals surface area contributed by atoms with Crippen LogP contribution in [0.5, 0.6) is 0 Å². The highest BCUT2D eigenvalue weighted by Crippen LogP contribution is 2.35. The van der Waals surface area contributed by atoms with Gasteiger partial charge in [0.25, 0.3) is 0 Å². The lowest BCUT2D eigenvalue weighted by Gasteiger charge is -2.36. The molecule has 148 valence electrons. The Kier molecular flexibility index (Phi) is 5.17. The fourth-order valence-electron chi connectivity index (χ4n) is 4.30. The molecule has 1 atom stereocenters. The SMILES string of the molecule is CCc1ccc2c(c1)C(CCNC(=O)C1(n3cccn3)CCNCC1)C(=O)N2. The van der Waals surface area contributed by atoms with Gasteiger partial charge in [0.05, 0.1) is 5.92 Å². The van der Waals surface area contributed by atoms with Crippen molar-refractivity contribution in [2.24, 2.45) is 0 Å². The summed E-state index contributed by atoms with van der Waals surface area (Å²) in [4.78, 5) is 25.5. The molecule has 0 spiro atoms. The third-order valence-electron chi connectivity index (χ3n) is 5.99.